The highest BCUT2D eigenvalue weighted by Crippen LogP contribution is 2.42. The van der Waals surface area contributed by atoms with Gasteiger partial charge in [-0.2, -0.15) is 0 Å². The zero-order valence-corrected chi connectivity index (χ0v) is 17.4. The Labute approximate surface area is 173 Å². The van der Waals surface area contributed by atoms with Crippen LogP contribution in [0.1, 0.15) is 38.2 Å². The van der Waals surface area contributed by atoms with Gasteiger partial charge < -0.3 is 19.8 Å². The summed E-state index contributed by atoms with van der Waals surface area (Å²) in [6, 6.07) is 6.89. The van der Waals surface area contributed by atoms with Crippen molar-refractivity contribution in [2.24, 2.45) is 11.3 Å². The van der Waals surface area contributed by atoms with E-state index in [-0.39, 0.29) is 29.3 Å². The fourth-order valence-corrected chi connectivity index (χ4v) is 5.06. The van der Waals surface area contributed by atoms with Crippen molar-refractivity contribution in [2.75, 3.05) is 39.3 Å². The lowest BCUT2D eigenvalue weighted by atomic mass is 9.76. The molecule has 3 fully saturated rings. The van der Waals surface area contributed by atoms with Crippen molar-refractivity contribution in [1.29, 1.82) is 0 Å². The first kappa shape index (κ1) is 20.6. The average Bonchev–Trinajstić information content (AvgIpc) is 3.09. The van der Waals surface area contributed by atoms with Crippen molar-refractivity contribution in [1.82, 2.24) is 9.80 Å². The molecule has 4 rings (SSSR count). The van der Waals surface area contributed by atoms with Crippen LogP contribution in [-0.4, -0.2) is 77.5 Å². The number of β-amino-alcohol motifs (C(OH)–C–C–N with tert-alkyl or cyclic N) is 1. The van der Waals surface area contributed by atoms with E-state index in [0.717, 1.165) is 70.6 Å². The lowest BCUT2D eigenvalue weighted by Gasteiger charge is -2.39. The predicted molar refractivity (Wildman–Crippen MR) is 111 cm³/mol. The van der Waals surface area contributed by atoms with E-state index in [1.165, 1.54) is 0 Å². The van der Waals surface area contributed by atoms with Crippen LogP contribution in [-0.2, 0) is 16.0 Å². The van der Waals surface area contributed by atoms with E-state index in [4.69, 9.17) is 4.74 Å². The van der Waals surface area contributed by atoms with Crippen molar-refractivity contribution in [3.8, 4) is 5.75 Å². The first-order valence-electron chi connectivity index (χ1n) is 11.0. The molecular formula is C23H34N2O4. The molecule has 3 atom stereocenters. The minimum atomic E-state index is -0.220. The maximum absolute atomic E-state index is 12.6. The number of ether oxygens (including phenoxy) is 1. The highest BCUT2D eigenvalue weighted by atomic mass is 16.5. The Hall–Kier alpha value is -1.63. The van der Waals surface area contributed by atoms with Crippen LogP contribution >= 0.6 is 0 Å². The summed E-state index contributed by atoms with van der Waals surface area (Å²) in [7, 11) is 0. The molecule has 3 saturated heterocycles. The minimum Gasteiger partial charge on any atom is -0.508 e. The van der Waals surface area contributed by atoms with Gasteiger partial charge in [0.2, 0.25) is 5.91 Å². The summed E-state index contributed by atoms with van der Waals surface area (Å²) in [5, 5.41) is 19.5. The Kier molecular flexibility index (Phi) is 6.13. The van der Waals surface area contributed by atoms with Gasteiger partial charge in [0.15, 0.2) is 0 Å². The second-order valence-electron chi connectivity index (χ2n) is 9.45. The van der Waals surface area contributed by atoms with Crippen molar-refractivity contribution >= 4 is 5.91 Å². The summed E-state index contributed by atoms with van der Waals surface area (Å²) in [6.45, 7) is 7.23. The van der Waals surface area contributed by atoms with E-state index in [1.807, 2.05) is 17.0 Å². The number of nitrogens with zero attached hydrogens (tertiary/aromatic N) is 2. The number of aliphatic hydroxyl groups is 1. The van der Waals surface area contributed by atoms with Crippen LogP contribution in [0, 0.1) is 11.3 Å². The number of rotatable bonds is 4. The highest BCUT2D eigenvalue weighted by Gasteiger charge is 2.43. The molecule has 0 bridgehead atoms. The molecule has 0 saturated carbocycles. The van der Waals surface area contributed by atoms with E-state index in [9.17, 15) is 15.0 Å². The van der Waals surface area contributed by atoms with Crippen molar-refractivity contribution in [3.05, 3.63) is 29.8 Å². The van der Waals surface area contributed by atoms with Crippen LogP contribution < -0.4 is 0 Å². The summed E-state index contributed by atoms with van der Waals surface area (Å²) in [5.41, 5.74) is 1.15. The zero-order valence-electron chi connectivity index (χ0n) is 17.4. The smallest absolute Gasteiger partial charge is 0.226 e. The first-order valence-corrected chi connectivity index (χ1v) is 11.0. The molecule has 6 heteroatoms. The molecule has 29 heavy (non-hydrogen) atoms. The summed E-state index contributed by atoms with van der Waals surface area (Å²) in [5.74, 6) is 0.786. The molecule has 1 aromatic rings. The summed E-state index contributed by atoms with van der Waals surface area (Å²) in [4.78, 5) is 17.0. The lowest BCUT2D eigenvalue weighted by Crippen LogP contribution is -2.46. The van der Waals surface area contributed by atoms with Gasteiger partial charge in [-0.15, -0.1) is 0 Å². The number of hydrogen-bond acceptors (Lipinski definition) is 5. The largest absolute Gasteiger partial charge is 0.508 e. The van der Waals surface area contributed by atoms with E-state index < -0.39 is 0 Å². The van der Waals surface area contributed by atoms with Crippen LogP contribution in [0.2, 0.25) is 0 Å². The molecule has 1 aromatic carbocycles. The average molecular weight is 403 g/mol. The van der Waals surface area contributed by atoms with Crippen molar-refractivity contribution in [3.63, 3.8) is 0 Å². The fourth-order valence-electron chi connectivity index (χ4n) is 5.06. The Balaban J connectivity index is 1.24. The highest BCUT2D eigenvalue weighted by molar-refractivity contribution is 5.78. The van der Waals surface area contributed by atoms with E-state index in [2.05, 4.69) is 11.8 Å². The van der Waals surface area contributed by atoms with E-state index in [1.54, 1.807) is 12.1 Å². The van der Waals surface area contributed by atoms with Gasteiger partial charge in [0, 0.05) is 26.2 Å². The Morgan fingerprint density at radius 2 is 1.93 bits per heavy atom. The summed E-state index contributed by atoms with van der Waals surface area (Å²) < 4.78 is 6.16. The second kappa shape index (κ2) is 8.62. The number of benzene rings is 1. The maximum Gasteiger partial charge on any atom is 0.226 e. The number of aliphatic hydroxyl groups excluding tert-OH is 1. The SMILES string of the molecule is C[C@@H]1CCN(CC2CC3(CCN(C(=O)Cc4ccc(O)cc4)CC3)CO2)C[C@H]1O. The van der Waals surface area contributed by atoms with Crippen LogP contribution in [0.25, 0.3) is 0 Å². The van der Waals surface area contributed by atoms with Gasteiger partial charge in [0.1, 0.15) is 5.75 Å². The minimum absolute atomic E-state index is 0.164. The molecule has 0 aliphatic carbocycles. The molecule has 3 aliphatic heterocycles. The zero-order chi connectivity index (χ0) is 20.4. The van der Waals surface area contributed by atoms with Crippen LogP contribution in [0.3, 0.4) is 0 Å². The van der Waals surface area contributed by atoms with Crippen LogP contribution in [0.15, 0.2) is 24.3 Å². The molecule has 1 amide bonds. The number of hydrogen-bond donors (Lipinski definition) is 2. The molecule has 3 aliphatic rings. The molecule has 1 unspecified atom stereocenters. The monoisotopic (exact) mass is 402 g/mol. The Morgan fingerprint density at radius 1 is 1.21 bits per heavy atom. The number of aromatic hydroxyl groups is 1. The van der Waals surface area contributed by atoms with Gasteiger partial charge in [-0.3, -0.25) is 9.69 Å². The standard InChI is InChI=1S/C23H34N2O4/c1-17-6-9-24(15-21(17)27)14-20-13-23(16-29-20)7-10-25(11-8-23)22(28)12-18-2-4-19(26)5-3-18/h2-5,17,20-21,26-27H,6-16H2,1H3/t17-,20?,21-/m1/s1. The van der Waals surface area contributed by atoms with Gasteiger partial charge in [-0.25, -0.2) is 0 Å². The van der Waals surface area contributed by atoms with E-state index >= 15 is 0 Å². The Bertz CT molecular complexity index is 699. The van der Waals surface area contributed by atoms with Crippen molar-refractivity contribution in [2.45, 2.75) is 51.2 Å². The van der Waals surface area contributed by atoms with E-state index in [0.29, 0.717) is 12.3 Å². The third-order valence-corrected chi connectivity index (χ3v) is 7.22. The molecule has 160 valence electrons. The number of carbonyl (C=O) groups is 1. The number of piperidine rings is 2. The molecule has 0 aromatic heterocycles. The van der Waals surface area contributed by atoms with Gasteiger partial charge in [0.25, 0.3) is 0 Å². The van der Waals surface area contributed by atoms with Crippen LogP contribution in [0.5, 0.6) is 5.75 Å². The summed E-state index contributed by atoms with van der Waals surface area (Å²) >= 11 is 0. The molecule has 1 spiro atoms. The summed E-state index contributed by atoms with van der Waals surface area (Å²) in [6.07, 6.45) is 4.54. The molecule has 6 nitrogen and oxygen atoms in total. The molecule has 0 radical (unpaired) electrons. The predicted octanol–water partition coefficient (Wildman–Crippen LogP) is 2.04. The lowest BCUT2D eigenvalue weighted by molar-refractivity contribution is -0.132. The van der Waals surface area contributed by atoms with Gasteiger partial charge >= 0.3 is 0 Å². The fraction of sp³-hybridized carbons (Fsp3) is 0.696. The number of amides is 1. The normalized spacial score (nSPS) is 30.0. The third-order valence-electron chi connectivity index (χ3n) is 7.22. The Morgan fingerprint density at radius 3 is 2.62 bits per heavy atom. The number of phenolic OH excluding ortho intramolecular Hbond substituents is 1. The second-order valence-corrected chi connectivity index (χ2v) is 9.45. The molecule has 2 N–H and O–H groups in total. The number of carbonyl (C=O) groups excluding carboxylic acids is 1. The molecule has 3 heterocycles. The van der Waals surface area contributed by atoms with Gasteiger partial charge in [-0.1, -0.05) is 19.1 Å². The number of likely N-dealkylation sites (tertiary alicyclic amines) is 2. The van der Waals surface area contributed by atoms with Crippen LogP contribution in [0.4, 0.5) is 0 Å². The topological polar surface area (TPSA) is 73.2 Å². The third kappa shape index (κ3) is 4.93. The first-order chi connectivity index (χ1) is 13.9. The maximum atomic E-state index is 12.6. The molecular weight excluding hydrogens is 368 g/mol. The van der Waals surface area contributed by atoms with Crippen molar-refractivity contribution < 1.29 is 19.7 Å². The quantitative estimate of drug-likeness (QED) is 0.806. The van der Waals surface area contributed by atoms with Gasteiger partial charge in [-0.05, 0) is 61.3 Å². The number of phenols is 1. The van der Waals surface area contributed by atoms with Gasteiger partial charge in [0.05, 0.1) is 25.2 Å².